The molecule has 1 aliphatic carbocycles. The van der Waals surface area contributed by atoms with Crippen LogP contribution in [0.4, 0.5) is 0 Å². The van der Waals surface area contributed by atoms with Crippen LogP contribution < -0.4 is 0 Å². The van der Waals surface area contributed by atoms with Gasteiger partial charge in [-0.1, -0.05) is 24.9 Å². The highest BCUT2D eigenvalue weighted by atomic mass is 35.5. The number of hydrogen-bond acceptors (Lipinski definition) is 2. The topological polar surface area (TPSA) is 33.1 Å². The van der Waals surface area contributed by atoms with Crippen molar-refractivity contribution in [2.75, 3.05) is 0 Å². The second-order valence-electron chi connectivity index (χ2n) is 3.63. The van der Waals surface area contributed by atoms with E-state index in [0.29, 0.717) is 10.9 Å². The van der Waals surface area contributed by atoms with Crippen LogP contribution in [0.1, 0.15) is 25.3 Å². The van der Waals surface area contributed by atoms with Gasteiger partial charge in [0.15, 0.2) is 0 Å². The highest BCUT2D eigenvalue weighted by Gasteiger charge is 2.52. The third-order valence-electron chi connectivity index (χ3n) is 2.77. The Morgan fingerprint density at radius 1 is 1.69 bits per heavy atom. The molecule has 13 heavy (non-hydrogen) atoms. The van der Waals surface area contributed by atoms with Crippen LogP contribution in [0.5, 0.6) is 0 Å². The van der Waals surface area contributed by atoms with E-state index in [1.807, 2.05) is 0 Å². The second-order valence-corrected chi connectivity index (χ2v) is 4.06. The second kappa shape index (κ2) is 2.96. The van der Waals surface area contributed by atoms with E-state index in [-0.39, 0.29) is 0 Å². The number of aromatic nitrogens is 1. The molecule has 70 valence electrons. The van der Waals surface area contributed by atoms with Gasteiger partial charge in [0.25, 0.3) is 0 Å². The molecule has 1 aromatic rings. The minimum absolute atomic E-state index is 0.382. The first kappa shape index (κ1) is 8.97. The van der Waals surface area contributed by atoms with Crippen molar-refractivity contribution in [2.24, 2.45) is 5.92 Å². The lowest BCUT2D eigenvalue weighted by atomic mass is 10.1. The van der Waals surface area contributed by atoms with Crippen molar-refractivity contribution in [1.82, 2.24) is 4.98 Å². The Hall–Kier alpha value is -0.600. The predicted octanol–water partition coefficient (Wildman–Crippen LogP) is 2.35. The van der Waals surface area contributed by atoms with Gasteiger partial charge in [0, 0.05) is 18.0 Å². The maximum Gasteiger partial charge on any atom is 0.0944 e. The highest BCUT2D eigenvalue weighted by Crippen LogP contribution is 2.53. The summed E-state index contributed by atoms with van der Waals surface area (Å²) in [6, 6.07) is 1.80. The lowest BCUT2D eigenvalue weighted by Crippen LogP contribution is -2.08. The monoisotopic (exact) mass is 197 g/mol. The summed E-state index contributed by atoms with van der Waals surface area (Å²) >= 11 is 5.80. The predicted molar refractivity (Wildman–Crippen MR) is 51.5 cm³/mol. The molecule has 1 heterocycles. The third-order valence-corrected chi connectivity index (χ3v) is 2.98. The van der Waals surface area contributed by atoms with Crippen LogP contribution in [0.3, 0.4) is 0 Å². The van der Waals surface area contributed by atoms with Crippen LogP contribution in [0.15, 0.2) is 18.5 Å². The van der Waals surface area contributed by atoms with Crippen molar-refractivity contribution in [1.29, 1.82) is 0 Å². The van der Waals surface area contributed by atoms with Gasteiger partial charge in [0.05, 0.1) is 10.6 Å². The summed E-state index contributed by atoms with van der Waals surface area (Å²) in [5.74, 6) is 0.382. The molecule has 2 rings (SSSR count). The number of hydrogen-bond donors (Lipinski definition) is 1. The number of halogens is 1. The largest absolute Gasteiger partial charge is 0.385 e. The molecular weight excluding hydrogens is 186 g/mol. The first-order valence-electron chi connectivity index (χ1n) is 4.50. The summed E-state index contributed by atoms with van der Waals surface area (Å²) in [5.41, 5.74) is 0.207. The van der Waals surface area contributed by atoms with E-state index in [2.05, 4.69) is 11.9 Å². The zero-order valence-corrected chi connectivity index (χ0v) is 8.25. The van der Waals surface area contributed by atoms with Crippen LogP contribution in [0.2, 0.25) is 5.02 Å². The fourth-order valence-corrected chi connectivity index (χ4v) is 1.97. The van der Waals surface area contributed by atoms with Crippen LogP contribution in [0.25, 0.3) is 0 Å². The molecule has 1 N–H and O–H groups in total. The van der Waals surface area contributed by atoms with Crippen LogP contribution in [-0.2, 0) is 5.60 Å². The van der Waals surface area contributed by atoms with Crippen LogP contribution in [-0.4, -0.2) is 10.1 Å². The van der Waals surface area contributed by atoms with Crippen LogP contribution >= 0.6 is 11.6 Å². The van der Waals surface area contributed by atoms with Gasteiger partial charge in [0.1, 0.15) is 0 Å². The summed E-state index contributed by atoms with van der Waals surface area (Å²) in [5, 5.41) is 10.7. The third kappa shape index (κ3) is 1.45. The normalized spacial score (nSPS) is 31.8. The van der Waals surface area contributed by atoms with Gasteiger partial charge in [0.2, 0.25) is 0 Å². The van der Waals surface area contributed by atoms with E-state index in [0.717, 1.165) is 18.4 Å². The Morgan fingerprint density at radius 2 is 2.46 bits per heavy atom. The fourth-order valence-electron chi connectivity index (χ4n) is 1.80. The SMILES string of the molecule is CCC1CC1(O)c1cncc(Cl)c1. The summed E-state index contributed by atoms with van der Waals surface area (Å²) in [7, 11) is 0. The number of pyridine rings is 1. The van der Waals surface area contributed by atoms with Crippen molar-refractivity contribution in [3.05, 3.63) is 29.0 Å². The molecule has 0 spiro atoms. The molecule has 0 amide bonds. The molecule has 0 aromatic carbocycles. The molecule has 0 radical (unpaired) electrons. The fraction of sp³-hybridized carbons (Fsp3) is 0.500. The Balaban J connectivity index is 2.27. The lowest BCUT2D eigenvalue weighted by molar-refractivity contribution is 0.130. The zero-order chi connectivity index (χ0) is 9.47. The van der Waals surface area contributed by atoms with Gasteiger partial charge in [-0.25, -0.2) is 0 Å². The van der Waals surface area contributed by atoms with Gasteiger partial charge in [-0.2, -0.15) is 0 Å². The molecule has 2 atom stereocenters. The lowest BCUT2D eigenvalue weighted by Gasteiger charge is -2.09. The molecular formula is C10H12ClNO. The number of aliphatic hydroxyl groups is 1. The Morgan fingerprint density at radius 3 is 3.00 bits per heavy atom. The maximum absolute atomic E-state index is 10.1. The first-order valence-corrected chi connectivity index (χ1v) is 4.88. The van der Waals surface area contributed by atoms with Gasteiger partial charge in [-0.15, -0.1) is 0 Å². The Kier molecular flexibility index (Phi) is 2.05. The molecule has 1 saturated carbocycles. The van der Waals surface area contributed by atoms with Crippen molar-refractivity contribution in [3.63, 3.8) is 0 Å². The molecule has 2 unspecified atom stereocenters. The maximum atomic E-state index is 10.1. The van der Waals surface area contributed by atoms with E-state index >= 15 is 0 Å². The minimum Gasteiger partial charge on any atom is -0.385 e. The molecule has 1 fully saturated rings. The Bertz CT molecular complexity index is 328. The average Bonchev–Trinajstić information content (AvgIpc) is 2.79. The molecule has 0 aliphatic heterocycles. The molecule has 0 bridgehead atoms. The van der Waals surface area contributed by atoms with Crippen molar-refractivity contribution in [2.45, 2.75) is 25.4 Å². The standard InChI is InChI=1S/C10H12ClNO/c1-2-7-4-10(7,13)8-3-9(11)6-12-5-8/h3,5-7,13H,2,4H2,1H3. The minimum atomic E-state index is -0.646. The summed E-state index contributed by atoms with van der Waals surface area (Å²) in [6.45, 7) is 2.08. The van der Waals surface area contributed by atoms with E-state index in [4.69, 9.17) is 11.6 Å². The first-order chi connectivity index (χ1) is 6.16. The summed E-state index contributed by atoms with van der Waals surface area (Å²) < 4.78 is 0. The molecule has 3 heteroatoms. The molecule has 2 nitrogen and oxygen atoms in total. The Labute approximate surface area is 82.6 Å². The zero-order valence-electron chi connectivity index (χ0n) is 7.50. The van der Waals surface area contributed by atoms with Crippen molar-refractivity contribution >= 4 is 11.6 Å². The van der Waals surface area contributed by atoms with E-state index in [1.54, 1.807) is 18.5 Å². The average molecular weight is 198 g/mol. The van der Waals surface area contributed by atoms with Crippen LogP contribution in [0, 0.1) is 5.92 Å². The number of nitrogens with zero attached hydrogens (tertiary/aromatic N) is 1. The van der Waals surface area contributed by atoms with Gasteiger partial charge < -0.3 is 5.11 Å². The van der Waals surface area contributed by atoms with Crippen molar-refractivity contribution in [3.8, 4) is 0 Å². The van der Waals surface area contributed by atoms with E-state index < -0.39 is 5.60 Å². The molecule has 1 aliphatic rings. The van der Waals surface area contributed by atoms with Crippen molar-refractivity contribution < 1.29 is 5.11 Å². The molecule has 0 saturated heterocycles. The van der Waals surface area contributed by atoms with Gasteiger partial charge in [-0.3, -0.25) is 4.98 Å². The van der Waals surface area contributed by atoms with Gasteiger partial charge >= 0.3 is 0 Å². The molecule has 1 aromatic heterocycles. The highest BCUT2D eigenvalue weighted by molar-refractivity contribution is 6.30. The van der Waals surface area contributed by atoms with E-state index in [9.17, 15) is 5.11 Å². The quantitative estimate of drug-likeness (QED) is 0.790. The number of rotatable bonds is 2. The smallest absolute Gasteiger partial charge is 0.0944 e. The van der Waals surface area contributed by atoms with Gasteiger partial charge in [-0.05, 0) is 18.4 Å². The van der Waals surface area contributed by atoms with E-state index in [1.165, 1.54) is 0 Å². The summed E-state index contributed by atoms with van der Waals surface area (Å²) in [6.07, 6.45) is 5.12. The summed E-state index contributed by atoms with van der Waals surface area (Å²) in [4.78, 5) is 3.97.